The minimum absolute atomic E-state index is 0.0135. The highest BCUT2D eigenvalue weighted by Crippen LogP contribution is 2.19. The first-order chi connectivity index (χ1) is 29.4. The molecule has 0 aliphatic rings. The zero-order valence-corrected chi connectivity index (χ0v) is 35.6. The Morgan fingerprint density at radius 3 is 1.76 bits per heavy atom. The molecule has 0 aliphatic heterocycles. The number of imidazole rings is 2. The van der Waals surface area contributed by atoms with Crippen LogP contribution < -0.4 is 43.0 Å². The second-order valence-corrected chi connectivity index (χ2v) is 15.8. The maximum absolute atomic E-state index is 13.9. The average molecular weight is 860 g/mol. The molecular formula is C41H57N13O8. The molecule has 334 valence electrons. The fourth-order valence-electron chi connectivity index (χ4n) is 6.60. The number of nitrogens with zero attached hydrogens (tertiary/aromatic N) is 2. The summed E-state index contributed by atoms with van der Waals surface area (Å²) in [5.74, 6) is -5.86. The summed E-state index contributed by atoms with van der Waals surface area (Å²) >= 11 is 0. The third-order valence-corrected chi connectivity index (χ3v) is 9.82. The SMILES string of the molecule is CC(=O)NC(Cc1cnc[nH]1)C(=O)NC(Cc1c[nH]c2ccccc12)C(=O)NC(C)C(=O)NC(C(=O)NCC(=O)NC(Cc1cnc[nH]1)C(=O)NC(CC(C)C)C(N)=O)C(C)C. The predicted octanol–water partition coefficient (Wildman–Crippen LogP) is -1.11. The van der Waals surface area contributed by atoms with Gasteiger partial charge in [0.1, 0.15) is 36.3 Å². The molecule has 0 aliphatic carbocycles. The van der Waals surface area contributed by atoms with E-state index in [0.29, 0.717) is 17.0 Å². The number of aromatic nitrogens is 5. The number of primary amides is 1. The number of fused-ring (bicyclic) bond motifs is 1. The van der Waals surface area contributed by atoms with Crippen molar-refractivity contribution >= 4 is 58.2 Å². The number of amides is 8. The van der Waals surface area contributed by atoms with Crippen LogP contribution in [0.5, 0.6) is 0 Å². The van der Waals surface area contributed by atoms with Crippen molar-refractivity contribution in [3.05, 3.63) is 72.5 Å². The number of hydrogen-bond acceptors (Lipinski definition) is 10. The molecule has 6 atom stereocenters. The number of para-hydroxylation sites is 1. The van der Waals surface area contributed by atoms with Crippen LogP contribution in [0, 0.1) is 11.8 Å². The molecular weight excluding hydrogens is 803 g/mol. The largest absolute Gasteiger partial charge is 0.368 e. The van der Waals surface area contributed by atoms with E-state index in [0.717, 1.165) is 10.9 Å². The Morgan fingerprint density at radius 2 is 1.21 bits per heavy atom. The van der Waals surface area contributed by atoms with Crippen LogP contribution in [0.2, 0.25) is 0 Å². The molecule has 8 amide bonds. The molecule has 0 radical (unpaired) electrons. The molecule has 21 nitrogen and oxygen atoms in total. The summed E-state index contributed by atoms with van der Waals surface area (Å²) in [5.41, 5.74) is 8.11. The van der Waals surface area contributed by atoms with E-state index >= 15 is 0 Å². The second-order valence-electron chi connectivity index (χ2n) is 15.8. The Bertz CT molecular complexity index is 2170. The summed E-state index contributed by atoms with van der Waals surface area (Å²) in [6.45, 7) is 9.18. The van der Waals surface area contributed by atoms with Crippen molar-refractivity contribution in [1.29, 1.82) is 0 Å². The fourth-order valence-corrected chi connectivity index (χ4v) is 6.60. The molecule has 0 saturated heterocycles. The Morgan fingerprint density at radius 1 is 0.645 bits per heavy atom. The maximum Gasteiger partial charge on any atom is 0.243 e. The summed E-state index contributed by atoms with van der Waals surface area (Å²) < 4.78 is 0. The van der Waals surface area contributed by atoms with Crippen molar-refractivity contribution in [2.24, 2.45) is 17.6 Å². The van der Waals surface area contributed by atoms with Gasteiger partial charge in [-0.1, -0.05) is 45.9 Å². The van der Waals surface area contributed by atoms with Crippen LogP contribution in [0.3, 0.4) is 0 Å². The van der Waals surface area contributed by atoms with Crippen molar-refractivity contribution in [3.8, 4) is 0 Å². The number of rotatable bonds is 23. The number of benzene rings is 1. The van der Waals surface area contributed by atoms with Crippen LogP contribution in [-0.4, -0.2) is 115 Å². The topological polar surface area (TPSA) is 320 Å². The first kappa shape index (κ1) is 47.6. The fraction of sp³-hybridized carbons (Fsp3) is 0.463. The van der Waals surface area contributed by atoms with Gasteiger partial charge in [-0.25, -0.2) is 9.97 Å². The Kier molecular flexibility index (Phi) is 17.3. The lowest BCUT2D eigenvalue weighted by Crippen LogP contribution is -2.59. The summed E-state index contributed by atoms with van der Waals surface area (Å²) in [4.78, 5) is 122. The van der Waals surface area contributed by atoms with E-state index in [4.69, 9.17) is 5.73 Å². The van der Waals surface area contributed by atoms with E-state index in [9.17, 15) is 38.4 Å². The molecule has 1 aromatic carbocycles. The number of aromatic amines is 3. The Balaban J connectivity index is 1.41. The highest BCUT2D eigenvalue weighted by Gasteiger charge is 2.32. The number of hydrogen-bond donors (Lipinski definition) is 11. The first-order valence-electron chi connectivity index (χ1n) is 20.3. The van der Waals surface area contributed by atoms with Gasteiger partial charge in [0, 0.05) is 67.1 Å². The van der Waals surface area contributed by atoms with Gasteiger partial charge in [-0.15, -0.1) is 0 Å². The highest BCUT2D eigenvalue weighted by atomic mass is 16.2. The zero-order chi connectivity index (χ0) is 45.5. The number of H-pyrrole nitrogens is 3. The van der Waals surface area contributed by atoms with Crippen LogP contribution in [0.15, 0.2) is 55.5 Å². The normalized spacial score (nSPS) is 14.1. The van der Waals surface area contributed by atoms with Crippen molar-refractivity contribution in [3.63, 3.8) is 0 Å². The lowest BCUT2D eigenvalue weighted by atomic mass is 10.0. The molecule has 0 spiro atoms. The second kappa shape index (κ2) is 22.5. The lowest BCUT2D eigenvalue weighted by molar-refractivity contribution is -0.135. The van der Waals surface area contributed by atoms with Gasteiger partial charge >= 0.3 is 0 Å². The standard InChI is InChI=1S/C41H57N13O8/c1-21(2)11-30(36(42)57)52-40(61)33(14-27-17-44-20-48-27)51-34(56)18-46-41(62)35(22(3)4)54-37(58)23(5)49-38(59)31(12-25-15-45-29-10-8-7-9-28(25)29)53-39(60)32(50-24(6)55)13-26-16-43-19-47-26/h7-10,15-17,19-23,30-33,35,45H,11-14,18H2,1-6H3,(H2,42,57)(H,43,47)(H,44,48)(H,46,62)(H,49,59)(H,50,55)(H,51,56)(H,52,61)(H,53,60)(H,54,58). The van der Waals surface area contributed by atoms with Crippen LogP contribution in [0.25, 0.3) is 10.9 Å². The van der Waals surface area contributed by atoms with Crippen LogP contribution >= 0.6 is 0 Å². The third-order valence-electron chi connectivity index (χ3n) is 9.82. The van der Waals surface area contributed by atoms with Gasteiger partial charge in [0.15, 0.2) is 0 Å². The monoisotopic (exact) mass is 859 g/mol. The van der Waals surface area contributed by atoms with E-state index in [-0.39, 0.29) is 31.6 Å². The summed E-state index contributed by atoms with van der Waals surface area (Å²) in [7, 11) is 0. The smallest absolute Gasteiger partial charge is 0.243 e. The number of carbonyl (C=O) groups is 8. The van der Waals surface area contributed by atoms with Gasteiger partial charge in [0.05, 0.1) is 19.2 Å². The van der Waals surface area contributed by atoms with Crippen molar-refractivity contribution < 1.29 is 38.4 Å². The molecule has 62 heavy (non-hydrogen) atoms. The minimum atomic E-state index is -1.21. The van der Waals surface area contributed by atoms with Crippen LogP contribution in [-0.2, 0) is 57.6 Å². The molecule has 3 aromatic heterocycles. The minimum Gasteiger partial charge on any atom is -0.368 e. The Hall–Kier alpha value is -7.06. The predicted molar refractivity (Wildman–Crippen MR) is 226 cm³/mol. The summed E-state index contributed by atoms with van der Waals surface area (Å²) in [5, 5.41) is 19.1. The quantitative estimate of drug-likeness (QED) is 0.0428. The van der Waals surface area contributed by atoms with Gasteiger partial charge in [0.25, 0.3) is 0 Å². The molecule has 12 N–H and O–H groups in total. The van der Waals surface area contributed by atoms with E-state index in [2.05, 4.69) is 62.1 Å². The summed E-state index contributed by atoms with van der Waals surface area (Å²) in [6, 6.07) is 0.607. The van der Waals surface area contributed by atoms with Gasteiger partial charge in [0.2, 0.25) is 47.3 Å². The molecule has 3 heterocycles. The van der Waals surface area contributed by atoms with Crippen molar-refractivity contribution in [2.75, 3.05) is 6.54 Å². The first-order valence-corrected chi connectivity index (χ1v) is 20.3. The Labute approximate surface area is 358 Å². The molecule has 6 unspecified atom stereocenters. The van der Waals surface area contributed by atoms with E-state index in [1.165, 1.54) is 38.9 Å². The zero-order valence-electron chi connectivity index (χ0n) is 35.6. The highest BCUT2D eigenvalue weighted by molar-refractivity contribution is 5.97. The van der Waals surface area contributed by atoms with Crippen LogP contribution in [0.1, 0.15) is 64.9 Å². The average Bonchev–Trinajstić information content (AvgIpc) is 4.01. The van der Waals surface area contributed by atoms with Crippen molar-refractivity contribution in [2.45, 2.75) is 103 Å². The molecule has 0 bridgehead atoms. The van der Waals surface area contributed by atoms with Gasteiger partial charge in [-0.2, -0.15) is 0 Å². The number of nitrogens with two attached hydrogens (primary N) is 1. The third kappa shape index (κ3) is 14.3. The van der Waals surface area contributed by atoms with Crippen LogP contribution in [0.4, 0.5) is 0 Å². The summed E-state index contributed by atoms with van der Waals surface area (Å²) in [6.07, 6.45) is 7.88. The molecule has 4 aromatic rings. The lowest BCUT2D eigenvalue weighted by Gasteiger charge is -2.26. The van der Waals surface area contributed by atoms with E-state index < -0.39 is 96.0 Å². The molecule has 21 heteroatoms. The van der Waals surface area contributed by atoms with E-state index in [1.54, 1.807) is 20.0 Å². The molecule has 0 fully saturated rings. The van der Waals surface area contributed by atoms with Gasteiger partial charge < -0.3 is 57.9 Å². The number of nitrogens with one attached hydrogen (secondary N) is 10. The van der Waals surface area contributed by atoms with E-state index in [1.807, 2.05) is 38.1 Å². The van der Waals surface area contributed by atoms with Gasteiger partial charge in [-0.05, 0) is 36.8 Å². The van der Waals surface area contributed by atoms with Gasteiger partial charge in [-0.3, -0.25) is 38.4 Å². The molecule has 4 rings (SSSR count). The molecule has 0 saturated carbocycles. The maximum atomic E-state index is 13.9. The van der Waals surface area contributed by atoms with Crippen molar-refractivity contribution in [1.82, 2.24) is 62.1 Å². The number of carbonyl (C=O) groups excluding carboxylic acids is 8.